The Morgan fingerprint density at radius 2 is 1.38 bits per heavy atom. The highest BCUT2D eigenvalue weighted by Gasteiger charge is 2.28. The van der Waals surface area contributed by atoms with Crippen LogP contribution >= 0.6 is 22.6 Å². The third-order valence-corrected chi connectivity index (χ3v) is 3.40. The van der Waals surface area contributed by atoms with Gasteiger partial charge in [-0.15, -0.1) is 0 Å². The summed E-state index contributed by atoms with van der Waals surface area (Å²) in [6.07, 6.45) is 0. The molecule has 0 aliphatic carbocycles. The first-order chi connectivity index (χ1) is 9.43. The smallest absolute Gasteiger partial charge is 0.316 e. The maximum Gasteiger partial charge on any atom is 0.316 e. The zero-order valence-electron chi connectivity index (χ0n) is 13.2. The average Bonchev–Trinajstić information content (AvgIpc) is 2.30. The predicted octanol–water partition coefficient (Wildman–Crippen LogP) is 4.19. The molecule has 0 fully saturated rings. The molecule has 0 bridgehead atoms. The number of carbonyl (C=O) groups is 2. The van der Waals surface area contributed by atoms with E-state index in [9.17, 15) is 9.59 Å². The zero-order valence-corrected chi connectivity index (χ0v) is 15.4. The molecule has 1 rings (SSSR count). The minimum atomic E-state index is -0.635. The minimum Gasteiger partial charge on any atom is -0.422 e. The van der Waals surface area contributed by atoms with Crippen molar-refractivity contribution in [3.63, 3.8) is 0 Å². The van der Waals surface area contributed by atoms with Gasteiger partial charge in [-0.2, -0.15) is 0 Å². The molecule has 1 aromatic rings. The summed E-state index contributed by atoms with van der Waals surface area (Å²) in [6.45, 7) is 10.6. The zero-order chi connectivity index (χ0) is 16.4. The van der Waals surface area contributed by atoms with Crippen LogP contribution in [-0.2, 0) is 9.59 Å². The predicted molar refractivity (Wildman–Crippen MR) is 89.3 cm³/mol. The van der Waals surface area contributed by atoms with E-state index in [0.717, 1.165) is 0 Å². The van der Waals surface area contributed by atoms with Gasteiger partial charge in [-0.05, 0) is 76.3 Å². The quantitative estimate of drug-likeness (QED) is 0.421. The van der Waals surface area contributed by atoms with Crippen molar-refractivity contribution in [2.75, 3.05) is 0 Å². The van der Waals surface area contributed by atoms with Crippen molar-refractivity contribution < 1.29 is 19.1 Å². The number of rotatable bonds is 2. The summed E-state index contributed by atoms with van der Waals surface area (Å²) in [7, 11) is 0. The van der Waals surface area contributed by atoms with Crippen molar-refractivity contribution >= 4 is 34.5 Å². The molecule has 0 unspecified atom stereocenters. The Morgan fingerprint density at radius 1 is 0.905 bits per heavy atom. The van der Waals surface area contributed by atoms with Crippen molar-refractivity contribution in [1.82, 2.24) is 0 Å². The molecule has 0 amide bonds. The number of para-hydroxylation sites is 1. The maximum atomic E-state index is 12.1. The average molecular weight is 404 g/mol. The largest absolute Gasteiger partial charge is 0.422 e. The number of carbonyl (C=O) groups excluding carboxylic acids is 2. The molecular weight excluding hydrogens is 383 g/mol. The lowest BCUT2D eigenvalue weighted by Gasteiger charge is -2.20. The fourth-order valence-corrected chi connectivity index (χ4v) is 1.75. The van der Waals surface area contributed by atoms with E-state index in [1.807, 2.05) is 22.6 Å². The summed E-state index contributed by atoms with van der Waals surface area (Å²) >= 11 is 2.05. The molecule has 0 saturated carbocycles. The summed E-state index contributed by atoms with van der Waals surface area (Å²) < 4.78 is 11.5. The first-order valence-electron chi connectivity index (χ1n) is 6.66. The Bertz CT molecular complexity index is 550. The van der Waals surface area contributed by atoms with Crippen LogP contribution in [0.3, 0.4) is 0 Å². The molecule has 0 aromatic heterocycles. The molecule has 0 saturated heterocycles. The molecular formula is C16H21IO4. The number of hydrogen-bond acceptors (Lipinski definition) is 4. The second kappa shape index (κ2) is 6.34. The number of esters is 2. The van der Waals surface area contributed by atoms with Gasteiger partial charge in [-0.25, -0.2) is 0 Å². The first kappa shape index (κ1) is 17.9. The Kier molecular flexibility index (Phi) is 5.41. The Morgan fingerprint density at radius 3 is 1.86 bits per heavy atom. The Balaban J connectivity index is 3.10. The molecule has 0 heterocycles. The molecule has 0 aliphatic heterocycles. The fraction of sp³-hybridized carbons (Fsp3) is 0.500. The molecule has 1 aromatic carbocycles. The van der Waals surface area contributed by atoms with Crippen LogP contribution in [0.25, 0.3) is 0 Å². The van der Waals surface area contributed by atoms with E-state index >= 15 is 0 Å². The van der Waals surface area contributed by atoms with Gasteiger partial charge in [0.1, 0.15) is 0 Å². The van der Waals surface area contributed by atoms with Crippen LogP contribution in [0.5, 0.6) is 11.5 Å². The van der Waals surface area contributed by atoms with Crippen molar-refractivity contribution in [2.24, 2.45) is 10.8 Å². The number of halogens is 1. The van der Waals surface area contributed by atoms with Gasteiger partial charge >= 0.3 is 11.9 Å². The second-order valence-electron chi connectivity index (χ2n) is 6.85. The van der Waals surface area contributed by atoms with Crippen molar-refractivity contribution in [2.45, 2.75) is 41.5 Å². The summed E-state index contributed by atoms with van der Waals surface area (Å²) in [4.78, 5) is 24.1. The van der Waals surface area contributed by atoms with E-state index in [2.05, 4.69) is 0 Å². The van der Waals surface area contributed by atoms with Crippen LogP contribution < -0.4 is 9.47 Å². The highest BCUT2D eigenvalue weighted by molar-refractivity contribution is 14.1. The normalized spacial score (nSPS) is 12.0. The van der Waals surface area contributed by atoms with Crippen LogP contribution in [-0.4, -0.2) is 11.9 Å². The van der Waals surface area contributed by atoms with Crippen molar-refractivity contribution in [1.29, 1.82) is 0 Å². The maximum absolute atomic E-state index is 12.1. The van der Waals surface area contributed by atoms with Gasteiger partial charge in [0.05, 0.1) is 14.4 Å². The lowest BCUT2D eigenvalue weighted by molar-refractivity contribution is -0.145. The van der Waals surface area contributed by atoms with Gasteiger partial charge < -0.3 is 9.47 Å². The van der Waals surface area contributed by atoms with Gasteiger partial charge in [-0.1, -0.05) is 6.07 Å². The lowest BCUT2D eigenvalue weighted by Crippen LogP contribution is -2.28. The standard InChI is InChI=1S/C16H21IO4/c1-15(2,3)13(18)20-11-9-7-8-10(17)12(11)21-14(19)16(4,5)6/h7-9H,1-6H3. The van der Waals surface area contributed by atoms with Crippen LogP contribution in [0.1, 0.15) is 41.5 Å². The molecule has 0 aliphatic rings. The number of benzene rings is 1. The number of ether oxygens (including phenoxy) is 2. The SMILES string of the molecule is CC(C)(C)C(=O)Oc1cccc(I)c1OC(=O)C(C)(C)C. The van der Waals surface area contributed by atoms with E-state index in [1.165, 1.54) is 0 Å². The number of hydrogen-bond donors (Lipinski definition) is 0. The minimum absolute atomic E-state index is 0.263. The first-order valence-corrected chi connectivity index (χ1v) is 7.74. The van der Waals surface area contributed by atoms with E-state index in [4.69, 9.17) is 9.47 Å². The van der Waals surface area contributed by atoms with Crippen LogP contribution in [0.2, 0.25) is 0 Å². The van der Waals surface area contributed by atoms with Gasteiger partial charge in [0, 0.05) is 0 Å². The topological polar surface area (TPSA) is 52.6 Å². The molecule has 0 N–H and O–H groups in total. The molecule has 0 atom stereocenters. The Hall–Kier alpha value is -1.11. The van der Waals surface area contributed by atoms with Crippen LogP contribution in [0.15, 0.2) is 18.2 Å². The van der Waals surface area contributed by atoms with E-state index < -0.39 is 10.8 Å². The molecule has 0 spiro atoms. The third-order valence-electron chi connectivity index (χ3n) is 2.55. The monoisotopic (exact) mass is 404 g/mol. The lowest BCUT2D eigenvalue weighted by atomic mass is 9.97. The third kappa shape index (κ3) is 4.98. The van der Waals surface area contributed by atoms with Crippen molar-refractivity contribution in [3.05, 3.63) is 21.8 Å². The molecule has 21 heavy (non-hydrogen) atoms. The summed E-state index contributed by atoms with van der Waals surface area (Å²) in [5, 5.41) is 0. The van der Waals surface area contributed by atoms with Gasteiger partial charge in [0.2, 0.25) is 0 Å². The second-order valence-corrected chi connectivity index (χ2v) is 8.01. The highest BCUT2D eigenvalue weighted by atomic mass is 127. The van der Waals surface area contributed by atoms with Gasteiger partial charge in [0.25, 0.3) is 0 Å². The van der Waals surface area contributed by atoms with E-state index in [0.29, 0.717) is 3.57 Å². The van der Waals surface area contributed by atoms with Gasteiger partial charge in [0.15, 0.2) is 11.5 Å². The molecule has 0 radical (unpaired) electrons. The summed E-state index contributed by atoms with van der Waals surface area (Å²) in [5.74, 6) is -0.202. The Labute approximate surface area is 139 Å². The molecule has 4 nitrogen and oxygen atoms in total. The van der Waals surface area contributed by atoms with E-state index in [1.54, 1.807) is 59.7 Å². The summed E-state index contributed by atoms with van der Waals surface area (Å²) in [6, 6.07) is 5.17. The van der Waals surface area contributed by atoms with Crippen molar-refractivity contribution in [3.8, 4) is 11.5 Å². The summed E-state index contributed by atoms with van der Waals surface area (Å²) in [5.41, 5.74) is -1.27. The molecule has 116 valence electrons. The van der Waals surface area contributed by atoms with Crippen LogP contribution in [0, 0.1) is 14.4 Å². The van der Waals surface area contributed by atoms with Crippen LogP contribution in [0.4, 0.5) is 0 Å². The van der Waals surface area contributed by atoms with E-state index in [-0.39, 0.29) is 23.4 Å². The molecule has 5 heteroatoms. The fourth-order valence-electron chi connectivity index (χ4n) is 1.17. The van der Waals surface area contributed by atoms with Gasteiger partial charge in [-0.3, -0.25) is 9.59 Å². The highest BCUT2D eigenvalue weighted by Crippen LogP contribution is 2.35.